The molecule has 21 heavy (non-hydrogen) atoms. The number of hydrazine groups is 1. The number of amides is 2. The van der Waals surface area contributed by atoms with Crippen LogP contribution in [0.5, 0.6) is 0 Å². The molecule has 2 heterocycles. The summed E-state index contributed by atoms with van der Waals surface area (Å²) >= 11 is 0. The fraction of sp³-hybridized carbons (Fsp3) is 0.429. The van der Waals surface area contributed by atoms with E-state index in [4.69, 9.17) is 11.6 Å². The number of rotatable bonds is 3. The second-order valence-electron chi connectivity index (χ2n) is 5.74. The normalized spacial score (nSPS) is 24.0. The summed E-state index contributed by atoms with van der Waals surface area (Å²) in [6.07, 6.45) is 0.893. The SMILES string of the molecule is NNc1ccc(C(=O)N2CC3CN(C=O)CC3C2)cc1N. The van der Waals surface area contributed by atoms with Crippen LogP contribution < -0.4 is 17.0 Å². The summed E-state index contributed by atoms with van der Waals surface area (Å²) in [7, 11) is 0. The van der Waals surface area contributed by atoms with Gasteiger partial charge in [0.05, 0.1) is 11.4 Å². The third-order valence-corrected chi connectivity index (χ3v) is 4.40. The van der Waals surface area contributed by atoms with Crippen LogP contribution in [-0.2, 0) is 4.79 Å². The molecule has 0 bridgehead atoms. The van der Waals surface area contributed by atoms with E-state index >= 15 is 0 Å². The van der Waals surface area contributed by atoms with E-state index in [1.807, 2.05) is 4.90 Å². The van der Waals surface area contributed by atoms with E-state index in [0.29, 0.717) is 41.9 Å². The maximum absolute atomic E-state index is 12.5. The van der Waals surface area contributed by atoms with Gasteiger partial charge in [0.1, 0.15) is 0 Å². The Morgan fingerprint density at radius 2 is 1.90 bits per heavy atom. The van der Waals surface area contributed by atoms with Gasteiger partial charge in [-0.25, -0.2) is 0 Å². The zero-order valence-electron chi connectivity index (χ0n) is 11.7. The van der Waals surface area contributed by atoms with E-state index in [-0.39, 0.29) is 5.91 Å². The second-order valence-corrected chi connectivity index (χ2v) is 5.74. The Kier molecular flexibility index (Phi) is 3.42. The van der Waals surface area contributed by atoms with Crippen LogP contribution in [0.1, 0.15) is 10.4 Å². The predicted octanol–water partition coefficient (Wildman–Crippen LogP) is -0.285. The average Bonchev–Trinajstić information content (AvgIpc) is 3.04. The molecule has 2 aliphatic heterocycles. The van der Waals surface area contributed by atoms with Crippen molar-refractivity contribution >= 4 is 23.7 Å². The minimum Gasteiger partial charge on any atom is -0.397 e. The van der Waals surface area contributed by atoms with Gasteiger partial charge >= 0.3 is 0 Å². The lowest BCUT2D eigenvalue weighted by atomic mass is 10.0. The maximum atomic E-state index is 12.5. The predicted molar refractivity (Wildman–Crippen MR) is 79.2 cm³/mol. The summed E-state index contributed by atoms with van der Waals surface area (Å²) in [5.41, 5.74) is 9.95. The lowest BCUT2D eigenvalue weighted by molar-refractivity contribution is -0.117. The molecule has 3 rings (SSSR count). The number of hydrogen-bond donors (Lipinski definition) is 3. The molecule has 0 spiro atoms. The molecule has 0 aromatic heterocycles. The van der Waals surface area contributed by atoms with Crippen molar-refractivity contribution in [1.29, 1.82) is 0 Å². The number of hydrogen-bond acceptors (Lipinski definition) is 5. The van der Waals surface area contributed by atoms with Crippen LogP contribution in [0.15, 0.2) is 18.2 Å². The summed E-state index contributed by atoms with van der Waals surface area (Å²) < 4.78 is 0. The average molecular weight is 289 g/mol. The van der Waals surface area contributed by atoms with Crippen molar-refractivity contribution in [2.45, 2.75) is 0 Å². The highest BCUT2D eigenvalue weighted by molar-refractivity contribution is 5.96. The number of nitrogens with zero attached hydrogens (tertiary/aromatic N) is 2. The fourth-order valence-electron chi connectivity index (χ4n) is 3.29. The third-order valence-electron chi connectivity index (χ3n) is 4.40. The summed E-state index contributed by atoms with van der Waals surface area (Å²) in [5.74, 6) is 6.09. The number of anilines is 2. The molecule has 2 amide bonds. The molecule has 1 aromatic carbocycles. The van der Waals surface area contributed by atoms with Gasteiger partial charge in [0.25, 0.3) is 5.91 Å². The van der Waals surface area contributed by atoms with E-state index < -0.39 is 0 Å². The Morgan fingerprint density at radius 3 is 2.43 bits per heavy atom. The van der Waals surface area contributed by atoms with Crippen LogP contribution in [0.25, 0.3) is 0 Å². The zero-order chi connectivity index (χ0) is 15.0. The van der Waals surface area contributed by atoms with Crippen molar-refractivity contribution < 1.29 is 9.59 Å². The van der Waals surface area contributed by atoms with Gasteiger partial charge in [0.15, 0.2) is 0 Å². The van der Waals surface area contributed by atoms with Gasteiger partial charge < -0.3 is 21.0 Å². The number of nitrogen functional groups attached to an aromatic ring is 2. The molecular formula is C14H19N5O2. The molecule has 7 heteroatoms. The molecule has 0 radical (unpaired) electrons. The Balaban J connectivity index is 1.70. The molecule has 5 N–H and O–H groups in total. The molecule has 2 aliphatic rings. The fourth-order valence-corrected chi connectivity index (χ4v) is 3.29. The van der Waals surface area contributed by atoms with Crippen molar-refractivity contribution in [3.63, 3.8) is 0 Å². The quantitative estimate of drug-likeness (QED) is 0.307. The van der Waals surface area contributed by atoms with Crippen molar-refractivity contribution in [2.75, 3.05) is 37.3 Å². The Bertz CT molecular complexity index is 562. The standard InChI is InChI=1S/C14H19N5O2/c15-12-3-9(1-2-13(12)17-16)14(21)19-6-10-4-18(8-20)5-11(10)7-19/h1-3,8,10-11,17H,4-7,15-16H2. The number of carbonyl (C=O) groups is 2. The van der Waals surface area contributed by atoms with Gasteiger partial charge in [-0.2, -0.15) is 0 Å². The molecular weight excluding hydrogens is 270 g/mol. The lowest BCUT2D eigenvalue weighted by Crippen LogP contribution is -2.33. The highest BCUT2D eigenvalue weighted by Gasteiger charge is 2.41. The molecule has 0 aliphatic carbocycles. The summed E-state index contributed by atoms with van der Waals surface area (Å²) in [6, 6.07) is 5.07. The lowest BCUT2D eigenvalue weighted by Gasteiger charge is -2.20. The van der Waals surface area contributed by atoms with Crippen molar-refractivity contribution in [3.05, 3.63) is 23.8 Å². The van der Waals surface area contributed by atoms with Crippen molar-refractivity contribution in [2.24, 2.45) is 17.7 Å². The van der Waals surface area contributed by atoms with E-state index in [2.05, 4.69) is 5.43 Å². The third kappa shape index (κ3) is 2.40. The van der Waals surface area contributed by atoms with Gasteiger partial charge in [-0.05, 0) is 18.2 Å². The van der Waals surface area contributed by atoms with E-state index in [1.165, 1.54) is 0 Å². The van der Waals surface area contributed by atoms with Gasteiger partial charge in [0, 0.05) is 43.6 Å². The number of fused-ring (bicyclic) bond motifs is 1. The number of nitrogens with two attached hydrogens (primary N) is 2. The van der Waals surface area contributed by atoms with Crippen LogP contribution in [0.2, 0.25) is 0 Å². The molecule has 2 saturated heterocycles. The largest absolute Gasteiger partial charge is 0.397 e. The first kappa shape index (κ1) is 13.7. The number of nitrogens with one attached hydrogen (secondary N) is 1. The highest BCUT2D eigenvalue weighted by Crippen LogP contribution is 2.31. The first-order chi connectivity index (χ1) is 10.1. The summed E-state index contributed by atoms with van der Waals surface area (Å²) in [6.45, 7) is 2.89. The number of benzene rings is 1. The van der Waals surface area contributed by atoms with Crippen LogP contribution in [-0.4, -0.2) is 48.3 Å². The zero-order valence-corrected chi connectivity index (χ0v) is 11.7. The van der Waals surface area contributed by atoms with Gasteiger partial charge in [0.2, 0.25) is 6.41 Å². The molecule has 2 unspecified atom stereocenters. The Labute approximate surface area is 122 Å². The minimum atomic E-state index is -0.0164. The first-order valence-corrected chi connectivity index (χ1v) is 6.97. The molecule has 2 fully saturated rings. The molecule has 0 saturated carbocycles. The smallest absolute Gasteiger partial charge is 0.253 e. The molecule has 7 nitrogen and oxygen atoms in total. The van der Waals surface area contributed by atoms with Gasteiger partial charge in [-0.15, -0.1) is 0 Å². The van der Waals surface area contributed by atoms with E-state index in [1.54, 1.807) is 23.1 Å². The second kappa shape index (κ2) is 5.25. The minimum absolute atomic E-state index is 0.0164. The number of likely N-dealkylation sites (tertiary alicyclic amines) is 2. The van der Waals surface area contributed by atoms with Crippen LogP contribution >= 0.6 is 0 Å². The Morgan fingerprint density at radius 1 is 1.24 bits per heavy atom. The topological polar surface area (TPSA) is 105 Å². The first-order valence-electron chi connectivity index (χ1n) is 6.97. The summed E-state index contributed by atoms with van der Waals surface area (Å²) in [5, 5.41) is 0. The van der Waals surface area contributed by atoms with Crippen LogP contribution in [0.3, 0.4) is 0 Å². The maximum Gasteiger partial charge on any atom is 0.253 e. The number of carbonyl (C=O) groups excluding carboxylic acids is 2. The molecule has 112 valence electrons. The van der Waals surface area contributed by atoms with Crippen LogP contribution in [0.4, 0.5) is 11.4 Å². The van der Waals surface area contributed by atoms with E-state index in [9.17, 15) is 9.59 Å². The van der Waals surface area contributed by atoms with Crippen LogP contribution in [0, 0.1) is 11.8 Å². The van der Waals surface area contributed by atoms with E-state index in [0.717, 1.165) is 19.5 Å². The monoisotopic (exact) mass is 289 g/mol. The summed E-state index contributed by atoms with van der Waals surface area (Å²) in [4.78, 5) is 26.9. The molecule has 1 aromatic rings. The van der Waals surface area contributed by atoms with Crippen molar-refractivity contribution in [1.82, 2.24) is 9.80 Å². The van der Waals surface area contributed by atoms with Gasteiger partial charge in [-0.3, -0.25) is 15.4 Å². The Hall–Kier alpha value is -2.28. The van der Waals surface area contributed by atoms with Crippen molar-refractivity contribution in [3.8, 4) is 0 Å². The molecule has 2 atom stereocenters. The van der Waals surface area contributed by atoms with Gasteiger partial charge in [-0.1, -0.05) is 0 Å². The highest BCUT2D eigenvalue weighted by atomic mass is 16.2.